The lowest BCUT2D eigenvalue weighted by molar-refractivity contribution is -0.137. The van der Waals surface area contributed by atoms with E-state index < -0.39 is 27.7 Å². The fourth-order valence-electron chi connectivity index (χ4n) is 4.36. The zero-order valence-corrected chi connectivity index (χ0v) is 19.4. The van der Waals surface area contributed by atoms with Crippen LogP contribution < -0.4 is 10.0 Å². The Hall–Kier alpha value is -4.04. The lowest BCUT2D eigenvalue weighted by Gasteiger charge is -2.11. The standard InChI is InChI=1S/C25H18F3N3O4S/c26-25(27,28)14-5-7-15(8-6-14)31-36(33,34)16-9-10-21-18(11-16)19(24(32)30-21)12-23-20(13-29)17-3-1-2-4-22(17)35-23/h5-12,31H,1-4H2,(H,30,32). The third kappa shape index (κ3) is 4.24. The van der Waals surface area contributed by atoms with E-state index in [9.17, 15) is 31.6 Å². The third-order valence-corrected chi connectivity index (χ3v) is 7.51. The summed E-state index contributed by atoms with van der Waals surface area (Å²) in [7, 11) is -4.19. The number of nitrogens with zero attached hydrogens (tertiary/aromatic N) is 1. The Morgan fingerprint density at radius 3 is 2.50 bits per heavy atom. The molecule has 2 aromatic carbocycles. The number of halogens is 3. The molecule has 0 radical (unpaired) electrons. The van der Waals surface area contributed by atoms with Crippen molar-refractivity contribution in [1.29, 1.82) is 5.26 Å². The Kier molecular flexibility index (Phi) is 5.64. The average molecular weight is 513 g/mol. The maximum Gasteiger partial charge on any atom is 0.416 e. The quantitative estimate of drug-likeness (QED) is 0.457. The highest BCUT2D eigenvalue weighted by Gasteiger charge is 2.31. The van der Waals surface area contributed by atoms with Gasteiger partial charge in [-0.05, 0) is 67.8 Å². The number of amides is 1. The van der Waals surface area contributed by atoms with Gasteiger partial charge in [0.2, 0.25) is 0 Å². The zero-order chi connectivity index (χ0) is 25.7. The Morgan fingerprint density at radius 2 is 1.81 bits per heavy atom. The molecule has 0 atom stereocenters. The number of hydrogen-bond acceptors (Lipinski definition) is 5. The first-order valence-corrected chi connectivity index (χ1v) is 12.5. The minimum absolute atomic E-state index is 0.0479. The minimum Gasteiger partial charge on any atom is -0.460 e. The Bertz CT molecular complexity index is 1560. The normalized spacial score (nSPS) is 16.3. The largest absolute Gasteiger partial charge is 0.460 e. The van der Waals surface area contributed by atoms with E-state index in [0.717, 1.165) is 48.4 Å². The van der Waals surface area contributed by atoms with Crippen molar-refractivity contribution in [3.63, 3.8) is 0 Å². The lowest BCUT2D eigenvalue weighted by atomic mass is 9.94. The highest BCUT2D eigenvalue weighted by atomic mass is 32.2. The highest BCUT2D eigenvalue weighted by molar-refractivity contribution is 7.92. The number of rotatable bonds is 4. The Balaban J connectivity index is 1.49. The number of carbonyl (C=O) groups is 1. The van der Waals surface area contributed by atoms with Crippen LogP contribution in [-0.4, -0.2) is 14.3 Å². The number of benzene rings is 2. The zero-order valence-electron chi connectivity index (χ0n) is 18.6. The highest BCUT2D eigenvalue weighted by Crippen LogP contribution is 2.38. The van der Waals surface area contributed by atoms with Crippen molar-refractivity contribution < 1.29 is 30.8 Å². The molecule has 7 nitrogen and oxygen atoms in total. The number of nitrogens with one attached hydrogen (secondary N) is 2. The van der Waals surface area contributed by atoms with Crippen LogP contribution in [0.3, 0.4) is 0 Å². The van der Waals surface area contributed by atoms with E-state index in [1.54, 1.807) is 0 Å². The van der Waals surface area contributed by atoms with Gasteiger partial charge < -0.3 is 9.73 Å². The number of aryl methyl sites for hydroxylation is 1. The van der Waals surface area contributed by atoms with Crippen molar-refractivity contribution in [2.75, 3.05) is 10.0 Å². The van der Waals surface area contributed by atoms with E-state index >= 15 is 0 Å². The van der Waals surface area contributed by atoms with Crippen LogP contribution >= 0.6 is 0 Å². The van der Waals surface area contributed by atoms with Gasteiger partial charge in [0, 0.05) is 28.9 Å². The van der Waals surface area contributed by atoms with E-state index in [0.29, 0.717) is 29.7 Å². The van der Waals surface area contributed by atoms with E-state index in [-0.39, 0.29) is 21.9 Å². The number of hydrogen-bond donors (Lipinski definition) is 2. The van der Waals surface area contributed by atoms with Crippen LogP contribution in [0, 0.1) is 11.3 Å². The van der Waals surface area contributed by atoms with Crippen molar-refractivity contribution in [1.82, 2.24) is 0 Å². The van der Waals surface area contributed by atoms with Crippen LogP contribution in [0.1, 0.15) is 46.6 Å². The average Bonchev–Trinajstić information content (AvgIpc) is 3.34. The van der Waals surface area contributed by atoms with Gasteiger partial charge in [0.1, 0.15) is 23.2 Å². The van der Waals surface area contributed by atoms with Crippen LogP contribution in [0.2, 0.25) is 0 Å². The summed E-state index contributed by atoms with van der Waals surface area (Å²) in [5.41, 5.74) is 1.08. The van der Waals surface area contributed by atoms with Gasteiger partial charge in [-0.15, -0.1) is 0 Å². The lowest BCUT2D eigenvalue weighted by Crippen LogP contribution is -2.13. The van der Waals surface area contributed by atoms with Crippen molar-refractivity contribution in [3.8, 4) is 6.07 Å². The molecule has 184 valence electrons. The number of fused-ring (bicyclic) bond motifs is 2. The molecular formula is C25H18F3N3O4S. The van der Waals surface area contributed by atoms with Crippen LogP contribution in [-0.2, 0) is 33.8 Å². The number of carbonyl (C=O) groups excluding carboxylic acids is 1. The SMILES string of the molecule is N#Cc1c(C=C2C(=O)Nc3ccc(S(=O)(=O)Nc4ccc(C(F)(F)F)cc4)cc32)oc2c1CCCC2. The first-order chi connectivity index (χ1) is 17.1. The predicted molar refractivity (Wildman–Crippen MR) is 125 cm³/mol. The van der Waals surface area contributed by atoms with E-state index in [4.69, 9.17) is 4.42 Å². The second kappa shape index (κ2) is 8.57. The second-order valence-corrected chi connectivity index (χ2v) is 10.1. The smallest absolute Gasteiger partial charge is 0.416 e. The Labute approximate surface area is 204 Å². The summed E-state index contributed by atoms with van der Waals surface area (Å²) < 4.78 is 72.4. The van der Waals surface area contributed by atoms with Gasteiger partial charge in [-0.3, -0.25) is 9.52 Å². The molecule has 5 rings (SSSR count). The van der Waals surface area contributed by atoms with Crippen molar-refractivity contribution in [3.05, 3.63) is 76.2 Å². The molecule has 0 saturated carbocycles. The second-order valence-electron chi connectivity index (χ2n) is 8.46. The molecule has 0 bridgehead atoms. The summed E-state index contributed by atoms with van der Waals surface area (Å²) in [5.74, 6) is 0.493. The number of sulfonamides is 1. The molecule has 11 heteroatoms. The first-order valence-electron chi connectivity index (χ1n) is 11.0. The predicted octanol–water partition coefficient (Wildman–Crippen LogP) is 5.34. The molecular weight excluding hydrogens is 495 g/mol. The molecule has 0 spiro atoms. The summed E-state index contributed by atoms with van der Waals surface area (Å²) >= 11 is 0. The summed E-state index contributed by atoms with van der Waals surface area (Å²) in [6.07, 6.45) is 0.196. The van der Waals surface area contributed by atoms with Crippen LogP contribution in [0.4, 0.5) is 24.5 Å². The molecule has 1 aliphatic heterocycles. The summed E-state index contributed by atoms with van der Waals surface area (Å²) in [4.78, 5) is 12.5. The van der Waals surface area contributed by atoms with Crippen LogP contribution in [0.25, 0.3) is 11.6 Å². The molecule has 0 fully saturated rings. The molecule has 1 aromatic heterocycles. The topological polar surface area (TPSA) is 112 Å². The summed E-state index contributed by atoms with van der Waals surface area (Å²) in [6, 6.07) is 9.74. The summed E-state index contributed by atoms with van der Waals surface area (Å²) in [5, 5.41) is 12.3. The molecule has 2 aliphatic rings. The number of alkyl halides is 3. The van der Waals surface area contributed by atoms with Crippen LogP contribution in [0.5, 0.6) is 0 Å². The van der Waals surface area contributed by atoms with Crippen LogP contribution in [0.15, 0.2) is 51.8 Å². The molecule has 36 heavy (non-hydrogen) atoms. The Morgan fingerprint density at radius 1 is 1.08 bits per heavy atom. The van der Waals surface area contributed by atoms with Gasteiger partial charge in [-0.2, -0.15) is 18.4 Å². The summed E-state index contributed by atoms with van der Waals surface area (Å²) in [6.45, 7) is 0. The molecule has 2 N–H and O–H groups in total. The van der Waals surface area contributed by atoms with Gasteiger partial charge in [0.25, 0.3) is 15.9 Å². The number of furan rings is 1. The maximum atomic E-state index is 12.9. The maximum absolute atomic E-state index is 12.9. The fourth-order valence-corrected chi connectivity index (χ4v) is 5.45. The van der Waals surface area contributed by atoms with Gasteiger partial charge >= 0.3 is 6.18 Å². The van der Waals surface area contributed by atoms with Crippen molar-refractivity contribution in [2.24, 2.45) is 0 Å². The van der Waals surface area contributed by atoms with Gasteiger partial charge in [-0.1, -0.05) is 0 Å². The molecule has 3 aromatic rings. The molecule has 1 amide bonds. The molecule has 0 saturated heterocycles. The van der Waals surface area contributed by atoms with Crippen molar-refractivity contribution >= 4 is 39.0 Å². The van der Waals surface area contributed by atoms with Gasteiger partial charge in [-0.25, -0.2) is 8.42 Å². The van der Waals surface area contributed by atoms with Crippen molar-refractivity contribution in [2.45, 2.75) is 36.8 Å². The third-order valence-electron chi connectivity index (χ3n) is 6.13. The number of anilines is 2. The van der Waals surface area contributed by atoms with Gasteiger partial charge in [0.05, 0.1) is 16.0 Å². The van der Waals surface area contributed by atoms with E-state index in [1.165, 1.54) is 24.3 Å². The molecule has 1 aliphatic carbocycles. The van der Waals surface area contributed by atoms with E-state index in [2.05, 4.69) is 16.1 Å². The molecule has 0 unspecified atom stereocenters. The number of nitriles is 1. The monoisotopic (exact) mass is 513 g/mol. The fraction of sp³-hybridized carbons (Fsp3) is 0.200. The van der Waals surface area contributed by atoms with Gasteiger partial charge in [0.15, 0.2) is 0 Å². The molecule has 2 heterocycles. The first kappa shape index (κ1) is 23.7. The van der Waals surface area contributed by atoms with E-state index in [1.807, 2.05) is 0 Å². The minimum atomic E-state index is -4.54.